The van der Waals surface area contributed by atoms with Gasteiger partial charge in [-0.15, -0.1) is 5.10 Å². The molecule has 20 heavy (non-hydrogen) atoms. The summed E-state index contributed by atoms with van der Waals surface area (Å²) in [5.41, 5.74) is 2.36. The van der Waals surface area contributed by atoms with E-state index in [2.05, 4.69) is 61.4 Å². The summed E-state index contributed by atoms with van der Waals surface area (Å²) in [6.07, 6.45) is 4.78. The van der Waals surface area contributed by atoms with E-state index in [-0.39, 0.29) is 5.41 Å². The van der Waals surface area contributed by atoms with Gasteiger partial charge >= 0.3 is 0 Å². The van der Waals surface area contributed by atoms with E-state index in [1.54, 1.807) is 0 Å². The molecule has 0 amide bonds. The third kappa shape index (κ3) is 3.24. The van der Waals surface area contributed by atoms with Crippen LogP contribution in [0.5, 0.6) is 0 Å². The second-order valence-corrected chi connectivity index (χ2v) is 6.25. The number of nitrogens with zero attached hydrogens (tertiary/aromatic N) is 4. The summed E-state index contributed by atoms with van der Waals surface area (Å²) in [4.78, 5) is 0. The molecular weight excluding hydrogens is 248 g/mol. The number of para-hydroxylation sites is 1. The molecule has 0 radical (unpaired) electrons. The van der Waals surface area contributed by atoms with Crippen molar-refractivity contribution in [3.8, 4) is 5.69 Å². The molecule has 0 aliphatic heterocycles. The lowest BCUT2D eigenvalue weighted by Crippen LogP contribution is -2.19. The van der Waals surface area contributed by atoms with E-state index >= 15 is 0 Å². The van der Waals surface area contributed by atoms with Crippen LogP contribution in [0.2, 0.25) is 0 Å². The Morgan fingerprint density at radius 3 is 2.55 bits per heavy atom. The fraction of sp³-hybridized carbons (Fsp3) is 0.562. The SMILES string of the molecule is CCCCCc1ccccc1-n1nnnc1C(C)(C)C. The number of aromatic nitrogens is 4. The Bertz CT molecular complexity index is 552. The molecule has 0 N–H and O–H groups in total. The molecule has 0 spiro atoms. The molecule has 2 aromatic rings. The van der Waals surface area contributed by atoms with E-state index in [1.807, 2.05) is 10.7 Å². The monoisotopic (exact) mass is 272 g/mol. The Hall–Kier alpha value is -1.71. The lowest BCUT2D eigenvalue weighted by Gasteiger charge is -2.18. The minimum atomic E-state index is -0.0694. The van der Waals surface area contributed by atoms with Gasteiger partial charge in [-0.1, -0.05) is 58.7 Å². The number of benzene rings is 1. The molecule has 0 bridgehead atoms. The van der Waals surface area contributed by atoms with E-state index in [0.717, 1.165) is 17.9 Å². The van der Waals surface area contributed by atoms with Gasteiger partial charge in [0.05, 0.1) is 5.69 Å². The van der Waals surface area contributed by atoms with Gasteiger partial charge in [-0.05, 0) is 34.9 Å². The highest BCUT2D eigenvalue weighted by Gasteiger charge is 2.23. The van der Waals surface area contributed by atoms with E-state index in [1.165, 1.54) is 24.8 Å². The van der Waals surface area contributed by atoms with Gasteiger partial charge in [-0.3, -0.25) is 0 Å². The third-order valence-corrected chi connectivity index (χ3v) is 3.41. The van der Waals surface area contributed by atoms with Gasteiger partial charge in [0, 0.05) is 5.41 Å². The van der Waals surface area contributed by atoms with Gasteiger partial charge in [0.15, 0.2) is 5.82 Å². The molecule has 1 aromatic carbocycles. The van der Waals surface area contributed by atoms with Crippen LogP contribution in [0.1, 0.15) is 58.3 Å². The van der Waals surface area contributed by atoms with Crippen molar-refractivity contribution in [1.29, 1.82) is 0 Å². The zero-order valence-electron chi connectivity index (χ0n) is 12.9. The summed E-state index contributed by atoms with van der Waals surface area (Å²) in [5.74, 6) is 0.903. The second-order valence-electron chi connectivity index (χ2n) is 6.25. The van der Waals surface area contributed by atoms with Crippen LogP contribution in [0.4, 0.5) is 0 Å². The Balaban J connectivity index is 2.36. The molecule has 0 saturated heterocycles. The number of hydrogen-bond acceptors (Lipinski definition) is 3. The topological polar surface area (TPSA) is 43.6 Å². The van der Waals surface area contributed by atoms with Crippen molar-refractivity contribution in [2.45, 2.75) is 58.8 Å². The van der Waals surface area contributed by atoms with Crippen LogP contribution in [0.3, 0.4) is 0 Å². The Labute approximate surface area is 121 Å². The first-order chi connectivity index (χ1) is 9.54. The van der Waals surface area contributed by atoms with Gasteiger partial charge in [0.2, 0.25) is 0 Å². The van der Waals surface area contributed by atoms with Crippen LogP contribution in [-0.4, -0.2) is 20.2 Å². The van der Waals surface area contributed by atoms with Crippen molar-refractivity contribution in [3.63, 3.8) is 0 Å². The minimum absolute atomic E-state index is 0.0694. The molecule has 108 valence electrons. The number of rotatable bonds is 5. The first kappa shape index (κ1) is 14.7. The minimum Gasteiger partial charge on any atom is -0.197 e. The molecule has 1 heterocycles. The molecule has 0 unspecified atom stereocenters. The normalized spacial score (nSPS) is 11.8. The van der Waals surface area contributed by atoms with E-state index in [4.69, 9.17) is 0 Å². The molecule has 0 aliphatic carbocycles. The van der Waals surface area contributed by atoms with Gasteiger partial charge in [-0.25, -0.2) is 0 Å². The standard InChI is InChI=1S/C16H24N4/c1-5-6-7-10-13-11-8-9-12-14(13)20-15(16(2,3)4)17-18-19-20/h8-9,11-12H,5-7,10H2,1-4H3. The highest BCUT2D eigenvalue weighted by molar-refractivity contribution is 5.41. The quantitative estimate of drug-likeness (QED) is 0.780. The number of unbranched alkanes of at least 4 members (excludes halogenated alkanes) is 2. The second kappa shape index (κ2) is 6.16. The highest BCUT2D eigenvalue weighted by Crippen LogP contribution is 2.24. The molecule has 1 aromatic heterocycles. The van der Waals surface area contributed by atoms with Crippen molar-refractivity contribution >= 4 is 0 Å². The average Bonchev–Trinajstić information content (AvgIpc) is 2.89. The largest absolute Gasteiger partial charge is 0.197 e. The van der Waals surface area contributed by atoms with E-state index in [0.29, 0.717) is 0 Å². The Morgan fingerprint density at radius 2 is 1.85 bits per heavy atom. The lowest BCUT2D eigenvalue weighted by atomic mass is 9.95. The summed E-state index contributed by atoms with van der Waals surface area (Å²) in [5, 5.41) is 12.3. The average molecular weight is 272 g/mol. The summed E-state index contributed by atoms with van der Waals surface area (Å²) in [6, 6.07) is 8.42. The Morgan fingerprint density at radius 1 is 1.10 bits per heavy atom. The first-order valence-corrected chi connectivity index (χ1v) is 7.41. The van der Waals surface area contributed by atoms with Crippen LogP contribution in [0.15, 0.2) is 24.3 Å². The molecule has 4 nitrogen and oxygen atoms in total. The maximum atomic E-state index is 4.20. The highest BCUT2D eigenvalue weighted by atomic mass is 15.5. The smallest absolute Gasteiger partial charge is 0.162 e. The van der Waals surface area contributed by atoms with Gasteiger partial charge in [0.25, 0.3) is 0 Å². The fourth-order valence-electron chi connectivity index (χ4n) is 2.31. The Kier molecular flexibility index (Phi) is 4.53. The van der Waals surface area contributed by atoms with Crippen LogP contribution >= 0.6 is 0 Å². The maximum Gasteiger partial charge on any atom is 0.162 e. The summed E-state index contributed by atoms with van der Waals surface area (Å²) >= 11 is 0. The summed E-state index contributed by atoms with van der Waals surface area (Å²) in [7, 11) is 0. The van der Waals surface area contributed by atoms with Crippen molar-refractivity contribution in [3.05, 3.63) is 35.7 Å². The van der Waals surface area contributed by atoms with E-state index < -0.39 is 0 Å². The maximum absolute atomic E-state index is 4.20. The summed E-state index contributed by atoms with van der Waals surface area (Å²) < 4.78 is 1.89. The predicted molar refractivity (Wildman–Crippen MR) is 81.1 cm³/mol. The van der Waals surface area contributed by atoms with Gasteiger partial charge < -0.3 is 0 Å². The van der Waals surface area contributed by atoms with Crippen LogP contribution in [-0.2, 0) is 11.8 Å². The van der Waals surface area contributed by atoms with Crippen molar-refractivity contribution in [2.75, 3.05) is 0 Å². The third-order valence-electron chi connectivity index (χ3n) is 3.41. The van der Waals surface area contributed by atoms with Crippen LogP contribution in [0, 0.1) is 0 Å². The lowest BCUT2D eigenvalue weighted by molar-refractivity contribution is 0.525. The first-order valence-electron chi connectivity index (χ1n) is 7.41. The van der Waals surface area contributed by atoms with Crippen molar-refractivity contribution < 1.29 is 0 Å². The molecule has 0 saturated carbocycles. The number of hydrogen-bond donors (Lipinski definition) is 0. The molecular formula is C16H24N4. The van der Waals surface area contributed by atoms with Gasteiger partial charge in [-0.2, -0.15) is 4.68 Å². The van der Waals surface area contributed by atoms with Crippen molar-refractivity contribution in [2.24, 2.45) is 0 Å². The predicted octanol–water partition coefficient (Wildman–Crippen LogP) is 3.69. The van der Waals surface area contributed by atoms with Crippen LogP contribution < -0.4 is 0 Å². The molecule has 2 rings (SSSR count). The van der Waals surface area contributed by atoms with E-state index in [9.17, 15) is 0 Å². The zero-order chi connectivity index (χ0) is 14.6. The molecule has 0 aliphatic rings. The van der Waals surface area contributed by atoms with Gasteiger partial charge in [0.1, 0.15) is 0 Å². The molecule has 0 fully saturated rings. The molecule has 0 atom stereocenters. The molecule has 4 heteroatoms. The number of tetrazole rings is 1. The summed E-state index contributed by atoms with van der Waals surface area (Å²) in [6.45, 7) is 8.63. The number of aryl methyl sites for hydroxylation is 1. The zero-order valence-corrected chi connectivity index (χ0v) is 12.9. The van der Waals surface area contributed by atoms with Crippen molar-refractivity contribution in [1.82, 2.24) is 20.2 Å². The van der Waals surface area contributed by atoms with Crippen LogP contribution in [0.25, 0.3) is 5.69 Å². The fourth-order valence-corrected chi connectivity index (χ4v) is 2.31.